The van der Waals surface area contributed by atoms with Crippen molar-refractivity contribution in [2.24, 2.45) is 5.92 Å². The van der Waals surface area contributed by atoms with Crippen LogP contribution in [-0.2, 0) is 10.0 Å². The fraction of sp³-hybridized carbons (Fsp3) is 0.667. The van der Waals surface area contributed by atoms with E-state index in [1.54, 1.807) is 6.07 Å². The van der Waals surface area contributed by atoms with Crippen molar-refractivity contribution in [1.82, 2.24) is 9.62 Å². The molecule has 1 atom stereocenters. The van der Waals surface area contributed by atoms with Crippen LogP contribution in [0.15, 0.2) is 14.1 Å². The van der Waals surface area contributed by atoms with Gasteiger partial charge in [-0.15, -0.1) is 11.3 Å². The summed E-state index contributed by atoms with van der Waals surface area (Å²) >= 11 is 4.61. The maximum absolute atomic E-state index is 12.4. The Labute approximate surface area is 128 Å². The number of thiophene rings is 1. The number of nitrogens with zero attached hydrogens (tertiary/aromatic N) is 1. The Morgan fingerprint density at radius 3 is 2.37 bits per heavy atom. The molecule has 0 aliphatic rings. The first-order valence-electron chi connectivity index (χ1n) is 6.06. The van der Waals surface area contributed by atoms with Gasteiger partial charge in [-0.05, 0) is 54.5 Å². The zero-order chi connectivity index (χ0) is 14.8. The normalized spacial score (nSPS) is 14.3. The van der Waals surface area contributed by atoms with Crippen LogP contribution in [0.1, 0.15) is 19.4 Å². The van der Waals surface area contributed by atoms with Gasteiger partial charge < -0.3 is 4.90 Å². The molecular formula is C12H21BrN2O2S2. The molecule has 0 fully saturated rings. The lowest BCUT2D eigenvalue weighted by molar-refractivity contribution is 0.314. The molecular weight excluding hydrogens is 348 g/mol. The zero-order valence-electron chi connectivity index (χ0n) is 11.9. The Balaban J connectivity index is 2.94. The third-order valence-electron chi connectivity index (χ3n) is 2.77. The highest BCUT2D eigenvalue weighted by Gasteiger charge is 2.24. The van der Waals surface area contributed by atoms with Crippen molar-refractivity contribution in [2.45, 2.75) is 31.0 Å². The quantitative estimate of drug-likeness (QED) is 0.839. The van der Waals surface area contributed by atoms with Crippen molar-refractivity contribution in [2.75, 3.05) is 20.6 Å². The lowest BCUT2D eigenvalue weighted by Gasteiger charge is -2.25. The minimum atomic E-state index is -3.44. The fourth-order valence-corrected chi connectivity index (χ4v) is 5.22. The van der Waals surface area contributed by atoms with Crippen molar-refractivity contribution in [3.8, 4) is 0 Å². The summed E-state index contributed by atoms with van der Waals surface area (Å²) in [6.45, 7) is 6.61. The van der Waals surface area contributed by atoms with E-state index in [9.17, 15) is 8.42 Å². The van der Waals surface area contributed by atoms with Gasteiger partial charge in [-0.1, -0.05) is 13.8 Å². The summed E-state index contributed by atoms with van der Waals surface area (Å²) in [6.07, 6.45) is 0. The maximum Gasteiger partial charge on any atom is 0.250 e. The molecule has 1 rings (SSSR count). The van der Waals surface area contributed by atoms with Crippen molar-refractivity contribution < 1.29 is 8.42 Å². The molecule has 0 aromatic carbocycles. The minimum absolute atomic E-state index is 0.0961. The van der Waals surface area contributed by atoms with Gasteiger partial charge in [-0.25, -0.2) is 13.1 Å². The van der Waals surface area contributed by atoms with E-state index in [0.717, 1.165) is 9.35 Å². The van der Waals surface area contributed by atoms with Crippen LogP contribution in [-0.4, -0.2) is 40.0 Å². The third-order valence-corrected chi connectivity index (χ3v) is 6.87. The molecule has 0 saturated carbocycles. The molecule has 1 aromatic heterocycles. The van der Waals surface area contributed by atoms with Crippen LogP contribution in [0.2, 0.25) is 0 Å². The largest absolute Gasteiger partial charge is 0.308 e. The molecule has 1 heterocycles. The molecule has 1 N–H and O–H groups in total. The second-order valence-corrected chi connectivity index (χ2v) is 9.57. The van der Waals surface area contributed by atoms with Crippen LogP contribution in [0.4, 0.5) is 0 Å². The average Bonchev–Trinajstić information content (AvgIpc) is 2.58. The number of nitrogens with one attached hydrogen (secondary N) is 1. The van der Waals surface area contributed by atoms with Gasteiger partial charge in [-0.2, -0.15) is 0 Å². The van der Waals surface area contributed by atoms with Crippen LogP contribution in [0.25, 0.3) is 0 Å². The minimum Gasteiger partial charge on any atom is -0.308 e. The standard InChI is InChI=1S/C12H21BrN2O2S2/c1-8(2)10(7-15(4)5)14-19(16,17)11-6-9(3)12(13)18-11/h6,8,10,14H,7H2,1-5H3. The van der Waals surface area contributed by atoms with E-state index < -0.39 is 10.0 Å². The Bertz CT molecular complexity index is 504. The zero-order valence-corrected chi connectivity index (χ0v) is 15.1. The average molecular weight is 369 g/mol. The first-order chi connectivity index (χ1) is 8.63. The summed E-state index contributed by atoms with van der Waals surface area (Å²) in [4.78, 5) is 1.99. The van der Waals surface area contributed by atoms with E-state index in [1.165, 1.54) is 11.3 Å². The molecule has 0 spiro atoms. The summed E-state index contributed by atoms with van der Waals surface area (Å²) in [5.41, 5.74) is 0.944. The Morgan fingerprint density at radius 2 is 2.00 bits per heavy atom. The second-order valence-electron chi connectivity index (χ2n) is 5.26. The molecule has 1 aromatic rings. The first kappa shape index (κ1) is 17.1. The number of hydrogen-bond acceptors (Lipinski definition) is 4. The molecule has 1 unspecified atom stereocenters. The van der Waals surface area contributed by atoms with Gasteiger partial charge in [0.25, 0.3) is 0 Å². The SMILES string of the molecule is Cc1cc(S(=O)(=O)NC(CN(C)C)C(C)C)sc1Br. The molecule has 110 valence electrons. The molecule has 0 aliphatic heterocycles. The molecule has 7 heteroatoms. The number of sulfonamides is 1. The van der Waals surface area contributed by atoms with Crippen molar-refractivity contribution >= 4 is 37.3 Å². The van der Waals surface area contributed by atoms with Gasteiger partial charge in [0.15, 0.2) is 0 Å². The van der Waals surface area contributed by atoms with Gasteiger partial charge >= 0.3 is 0 Å². The number of halogens is 1. The summed E-state index contributed by atoms with van der Waals surface area (Å²) in [5.74, 6) is 0.238. The Hall–Kier alpha value is 0.0500. The molecule has 0 saturated heterocycles. The van der Waals surface area contributed by atoms with E-state index in [-0.39, 0.29) is 12.0 Å². The van der Waals surface area contributed by atoms with Crippen LogP contribution < -0.4 is 4.72 Å². The molecule has 0 radical (unpaired) electrons. The first-order valence-corrected chi connectivity index (χ1v) is 9.15. The van der Waals surface area contributed by atoms with Gasteiger partial charge in [0.1, 0.15) is 4.21 Å². The summed E-state index contributed by atoms with van der Waals surface area (Å²) in [7, 11) is 0.440. The monoisotopic (exact) mass is 368 g/mol. The Morgan fingerprint density at radius 1 is 1.42 bits per heavy atom. The van der Waals surface area contributed by atoms with Gasteiger partial charge in [0.05, 0.1) is 3.79 Å². The predicted octanol–water partition coefficient (Wildman–Crippen LogP) is 2.68. The molecule has 0 bridgehead atoms. The van der Waals surface area contributed by atoms with Crippen molar-refractivity contribution in [3.05, 3.63) is 15.4 Å². The maximum atomic E-state index is 12.4. The topological polar surface area (TPSA) is 49.4 Å². The molecule has 4 nitrogen and oxygen atoms in total. The lowest BCUT2D eigenvalue weighted by Crippen LogP contribution is -2.44. The summed E-state index contributed by atoms with van der Waals surface area (Å²) in [5, 5.41) is 0. The molecule has 0 amide bonds. The smallest absolute Gasteiger partial charge is 0.250 e. The number of hydrogen-bond donors (Lipinski definition) is 1. The van der Waals surface area contributed by atoms with Crippen LogP contribution in [0, 0.1) is 12.8 Å². The molecule has 0 aliphatic carbocycles. The van der Waals surface area contributed by atoms with Crippen LogP contribution >= 0.6 is 27.3 Å². The van der Waals surface area contributed by atoms with E-state index in [0.29, 0.717) is 10.8 Å². The van der Waals surface area contributed by atoms with E-state index in [4.69, 9.17) is 0 Å². The highest BCUT2D eigenvalue weighted by molar-refractivity contribution is 9.11. The third kappa shape index (κ3) is 4.82. The van der Waals surface area contributed by atoms with E-state index >= 15 is 0 Å². The Kier molecular flexibility index (Phi) is 6.00. The van der Waals surface area contributed by atoms with Crippen LogP contribution in [0.5, 0.6) is 0 Å². The van der Waals surface area contributed by atoms with E-state index in [1.807, 2.05) is 39.8 Å². The van der Waals surface area contributed by atoms with Crippen molar-refractivity contribution in [1.29, 1.82) is 0 Å². The highest BCUT2D eigenvalue weighted by Crippen LogP contribution is 2.30. The van der Waals surface area contributed by atoms with E-state index in [2.05, 4.69) is 20.7 Å². The number of likely N-dealkylation sites (N-methyl/N-ethyl adjacent to an activating group) is 1. The number of aryl methyl sites for hydroxylation is 1. The molecule has 19 heavy (non-hydrogen) atoms. The van der Waals surface area contributed by atoms with Gasteiger partial charge in [-0.3, -0.25) is 0 Å². The van der Waals surface area contributed by atoms with Gasteiger partial charge in [0.2, 0.25) is 10.0 Å². The predicted molar refractivity (Wildman–Crippen MR) is 84.3 cm³/mol. The van der Waals surface area contributed by atoms with Crippen LogP contribution in [0.3, 0.4) is 0 Å². The lowest BCUT2D eigenvalue weighted by atomic mass is 10.1. The summed E-state index contributed by atoms with van der Waals surface area (Å²) < 4.78 is 28.7. The summed E-state index contributed by atoms with van der Waals surface area (Å²) in [6, 6.07) is 1.60. The van der Waals surface area contributed by atoms with Crippen molar-refractivity contribution in [3.63, 3.8) is 0 Å². The highest BCUT2D eigenvalue weighted by atomic mass is 79.9. The number of rotatable bonds is 6. The second kappa shape index (κ2) is 6.67. The fourth-order valence-electron chi connectivity index (χ4n) is 1.60. The van der Waals surface area contributed by atoms with Gasteiger partial charge in [0, 0.05) is 12.6 Å².